The highest BCUT2D eigenvalue weighted by atomic mass is 16.3. The second-order valence-electron chi connectivity index (χ2n) is 8.32. The minimum Gasteiger partial charge on any atom is -0.452 e. The quantitative estimate of drug-likeness (QED) is 0.395. The predicted molar refractivity (Wildman–Crippen MR) is 123 cm³/mol. The lowest BCUT2D eigenvalue weighted by molar-refractivity contribution is 0.329. The van der Waals surface area contributed by atoms with Gasteiger partial charge < -0.3 is 10.2 Å². The predicted octanol–water partition coefficient (Wildman–Crippen LogP) is 5.99. The molecule has 1 saturated carbocycles. The molecule has 0 unspecified atom stereocenters. The molecule has 4 aromatic heterocycles. The van der Waals surface area contributed by atoms with E-state index in [4.69, 9.17) is 10.2 Å². The van der Waals surface area contributed by atoms with Gasteiger partial charge >= 0.3 is 0 Å². The number of hydrogen-bond acceptors (Lipinski definition) is 5. The van der Waals surface area contributed by atoms with Crippen molar-refractivity contribution < 1.29 is 4.42 Å². The van der Waals surface area contributed by atoms with E-state index in [0.29, 0.717) is 17.4 Å². The molecule has 0 radical (unpaired) electrons. The molecule has 0 bridgehead atoms. The van der Waals surface area contributed by atoms with Gasteiger partial charge in [0.1, 0.15) is 5.76 Å². The molecule has 154 valence electrons. The zero-order chi connectivity index (χ0) is 20.8. The molecular formula is C25H23N5O. The Hall–Kier alpha value is -3.67. The van der Waals surface area contributed by atoms with E-state index in [2.05, 4.69) is 38.1 Å². The van der Waals surface area contributed by atoms with E-state index in [1.54, 1.807) is 0 Å². The highest BCUT2D eigenvalue weighted by molar-refractivity contribution is 6.02. The van der Waals surface area contributed by atoms with Gasteiger partial charge in [0.25, 0.3) is 0 Å². The molecule has 4 heterocycles. The molecule has 6 nitrogen and oxygen atoms in total. The standard InChI is InChI=1S/C25H23N5O/c26-25-24-20(10-23(31-24)22-13-27-11-16-6-4-5-9-19(16)22)21(14-28-25)17-12-29-30(15-17)18-7-2-1-3-8-18/h4-6,9-15,18H,1-3,7-8H2,(H2,26,28). The van der Waals surface area contributed by atoms with Gasteiger partial charge in [-0.2, -0.15) is 5.10 Å². The van der Waals surface area contributed by atoms with Gasteiger partial charge in [-0.15, -0.1) is 0 Å². The van der Waals surface area contributed by atoms with E-state index in [0.717, 1.165) is 38.6 Å². The fraction of sp³-hybridized carbons (Fsp3) is 0.240. The summed E-state index contributed by atoms with van der Waals surface area (Å²) >= 11 is 0. The number of benzene rings is 1. The molecule has 1 aliphatic carbocycles. The Labute approximate surface area is 179 Å². The van der Waals surface area contributed by atoms with Crippen molar-refractivity contribution in [2.24, 2.45) is 0 Å². The third kappa shape index (κ3) is 3.06. The van der Waals surface area contributed by atoms with Gasteiger partial charge in [0.15, 0.2) is 11.4 Å². The molecule has 2 N–H and O–H groups in total. The van der Waals surface area contributed by atoms with Crippen molar-refractivity contribution >= 4 is 27.6 Å². The van der Waals surface area contributed by atoms with Crippen LogP contribution in [0.4, 0.5) is 5.82 Å². The molecule has 31 heavy (non-hydrogen) atoms. The van der Waals surface area contributed by atoms with Gasteiger partial charge in [0.2, 0.25) is 0 Å². The van der Waals surface area contributed by atoms with Crippen LogP contribution in [0.1, 0.15) is 38.1 Å². The molecule has 1 fully saturated rings. The summed E-state index contributed by atoms with van der Waals surface area (Å²) in [6.45, 7) is 0. The number of pyridine rings is 2. The van der Waals surface area contributed by atoms with Crippen LogP contribution in [-0.2, 0) is 0 Å². The maximum Gasteiger partial charge on any atom is 0.177 e. The first-order valence-electron chi connectivity index (χ1n) is 10.8. The van der Waals surface area contributed by atoms with Crippen LogP contribution >= 0.6 is 0 Å². The Kier molecular flexibility index (Phi) is 4.23. The summed E-state index contributed by atoms with van der Waals surface area (Å²) in [6.07, 6.45) is 15.8. The zero-order valence-corrected chi connectivity index (χ0v) is 17.2. The molecule has 5 aromatic rings. The second kappa shape index (κ2) is 7.23. The monoisotopic (exact) mass is 409 g/mol. The molecule has 1 aliphatic rings. The minimum atomic E-state index is 0.387. The fourth-order valence-corrected chi connectivity index (χ4v) is 4.74. The van der Waals surface area contributed by atoms with Crippen molar-refractivity contribution in [2.75, 3.05) is 5.73 Å². The van der Waals surface area contributed by atoms with Crippen LogP contribution in [0.25, 0.3) is 44.2 Å². The highest BCUT2D eigenvalue weighted by Gasteiger charge is 2.19. The molecule has 0 saturated heterocycles. The van der Waals surface area contributed by atoms with E-state index >= 15 is 0 Å². The van der Waals surface area contributed by atoms with Crippen LogP contribution in [0.5, 0.6) is 0 Å². The summed E-state index contributed by atoms with van der Waals surface area (Å²) in [6, 6.07) is 10.7. The fourth-order valence-electron chi connectivity index (χ4n) is 4.74. The largest absolute Gasteiger partial charge is 0.452 e. The van der Waals surface area contributed by atoms with Crippen LogP contribution in [0, 0.1) is 0 Å². The summed E-state index contributed by atoms with van der Waals surface area (Å²) in [5.41, 5.74) is 9.75. The molecule has 0 amide bonds. The number of nitrogens with two attached hydrogens (primary N) is 1. The van der Waals surface area contributed by atoms with Gasteiger partial charge in [-0.1, -0.05) is 43.5 Å². The lowest BCUT2D eigenvalue weighted by atomic mass is 9.96. The molecule has 6 rings (SSSR count). The van der Waals surface area contributed by atoms with Crippen molar-refractivity contribution in [3.8, 4) is 22.5 Å². The van der Waals surface area contributed by atoms with E-state index in [-0.39, 0.29) is 0 Å². The van der Waals surface area contributed by atoms with Crippen LogP contribution in [-0.4, -0.2) is 19.7 Å². The third-order valence-corrected chi connectivity index (χ3v) is 6.38. The molecular weight excluding hydrogens is 386 g/mol. The number of furan rings is 1. The number of anilines is 1. The summed E-state index contributed by atoms with van der Waals surface area (Å²) in [5, 5.41) is 7.77. The van der Waals surface area contributed by atoms with Crippen LogP contribution in [0.2, 0.25) is 0 Å². The summed E-state index contributed by atoms with van der Waals surface area (Å²) in [7, 11) is 0. The van der Waals surface area contributed by atoms with Crippen molar-refractivity contribution in [3.05, 3.63) is 61.3 Å². The number of nitrogen functional groups attached to an aromatic ring is 1. The second-order valence-corrected chi connectivity index (χ2v) is 8.32. The Bertz CT molecular complexity index is 1390. The molecule has 0 spiro atoms. The van der Waals surface area contributed by atoms with E-state index in [9.17, 15) is 0 Å². The lowest BCUT2D eigenvalue weighted by Gasteiger charge is -2.21. The van der Waals surface area contributed by atoms with Crippen LogP contribution in [0.15, 0.2) is 65.7 Å². The Morgan fingerprint density at radius 1 is 0.935 bits per heavy atom. The van der Waals surface area contributed by atoms with Crippen molar-refractivity contribution in [3.63, 3.8) is 0 Å². The van der Waals surface area contributed by atoms with Crippen molar-refractivity contribution in [2.45, 2.75) is 38.1 Å². The Balaban J connectivity index is 1.48. The van der Waals surface area contributed by atoms with Crippen molar-refractivity contribution in [1.82, 2.24) is 19.7 Å². The summed E-state index contributed by atoms with van der Waals surface area (Å²) in [5.74, 6) is 1.12. The van der Waals surface area contributed by atoms with Crippen LogP contribution in [0.3, 0.4) is 0 Å². The first-order chi connectivity index (χ1) is 15.3. The van der Waals surface area contributed by atoms with Gasteiger partial charge in [-0.3, -0.25) is 9.67 Å². The molecule has 1 aromatic carbocycles. The number of rotatable bonds is 3. The first-order valence-corrected chi connectivity index (χ1v) is 10.8. The van der Waals surface area contributed by atoms with E-state index in [1.165, 1.54) is 32.1 Å². The average molecular weight is 409 g/mol. The van der Waals surface area contributed by atoms with Gasteiger partial charge in [-0.05, 0) is 24.3 Å². The summed E-state index contributed by atoms with van der Waals surface area (Å²) in [4.78, 5) is 8.80. The summed E-state index contributed by atoms with van der Waals surface area (Å²) < 4.78 is 8.34. The molecule has 0 aliphatic heterocycles. The Morgan fingerprint density at radius 2 is 1.81 bits per heavy atom. The maximum absolute atomic E-state index is 6.22. The average Bonchev–Trinajstić information content (AvgIpc) is 3.48. The van der Waals surface area contributed by atoms with Gasteiger partial charge in [-0.25, -0.2) is 4.98 Å². The zero-order valence-electron chi connectivity index (χ0n) is 17.2. The number of fused-ring (bicyclic) bond motifs is 2. The van der Waals surface area contributed by atoms with E-state index in [1.807, 2.05) is 43.0 Å². The van der Waals surface area contributed by atoms with Crippen LogP contribution < -0.4 is 5.73 Å². The van der Waals surface area contributed by atoms with Crippen molar-refractivity contribution in [1.29, 1.82) is 0 Å². The molecule has 6 heteroatoms. The minimum absolute atomic E-state index is 0.387. The lowest BCUT2D eigenvalue weighted by Crippen LogP contribution is -2.12. The number of aromatic nitrogens is 4. The molecule has 0 atom stereocenters. The highest BCUT2D eigenvalue weighted by Crippen LogP contribution is 2.38. The van der Waals surface area contributed by atoms with E-state index < -0.39 is 0 Å². The normalized spacial score (nSPS) is 15.1. The maximum atomic E-state index is 6.22. The van der Waals surface area contributed by atoms with Gasteiger partial charge in [0, 0.05) is 52.3 Å². The topological polar surface area (TPSA) is 82.8 Å². The van der Waals surface area contributed by atoms with Gasteiger partial charge in [0.05, 0.1) is 12.2 Å². The third-order valence-electron chi connectivity index (χ3n) is 6.38. The first kappa shape index (κ1) is 18.1. The Morgan fingerprint density at radius 3 is 2.71 bits per heavy atom. The number of nitrogens with zero attached hydrogens (tertiary/aromatic N) is 4. The SMILES string of the molecule is Nc1ncc(-c2cnn(C3CCCCC3)c2)c2cc(-c3cncc4ccccc34)oc12. The number of hydrogen-bond donors (Lipinski definition) is 1. The smallest absolute Gasteiger partial charge is 0.177 e.